The third kappa shape index (κ3) is 5.13. The van der Waals surface area contributed by atoms with Crippen molar-refractivity contribution < 1.29 is 21.9 Å². The molecule has 2 aromatic carbocycles. The predicted molar refractivity (Wildman–Crippen MR) is 115 cm³/mol. The van der Waals surface area contributed by atoms with Crippen molar-refractivity contribution in [1.82, 2.24) is 5.32 Å². The standard InChI is InChI=1S/C23H27F3N2O2S/c24-23(25,26)16-10-12-21(31(29)30)19(13-16)22-18-7-3-4-8-20(18)28-17(14-27-22)11-9-15-5-1-2-6-15/h3-4,7-8,10,12-13,15,17,22,27-28H,1-2,5-6,9,11,14H2,(H,29,30). The summed E-state index contributed by atoms with van der Waals surface area (Å²) in [6.07, 6.45) is 2.70. The molecular weight excluding hydrogens is 425 g/mol. The lowest BCUT2D eigenvalue weighted by molar-refractivity contribution is -0.137. The number of hydrogen-bond donors (Lipinski definition) is 3. The van der Waals surface area contributed by atoms with Crippen molar-refractivity contribution in [1.29, 1.82) is 0 Å². The SMILES string of the molecule is O=S(O)c1ccc(C(F)(F)F)cc1C1NCC(CCC2CCCC2)Nc2ccccc21. The smallest absolute Gasteiger partial charge is 0.381 e. The number of nitrogens with one attached hydrogen (secondary N) is 2. The molecule has 3 unspecified atom stereocenters. The van der Waals surface area contributed by atoms with Crippen molar-refractivity contribution in [3.05, 3.63) is 59.2 Å². The van der Waals surface area contributed by atoms with E-state index < -0.39 is 28.9 Å². The number of alkyl halides is 3. The molecule has 3 N–H and O–H groups in total. The van der Waals surface area contributed by atoms with Crippen LogP contribution >= 0.6 is 0 Å². The summed E-state index contributed by atoms with van der Waals surface area (Å²) < 4.78 is 61.8. The fraction of sp³-hybridized carbons (Fsp3) is 0.478. The molecular formula is C23H27F3N2O2S. The fourth-order valence-electron chi connectivity index (χ4n) is 4.82. The molecule has 0 bridgehead atoms. The van der Waals surface area contributed by atoms with Gasteiger partial charge in [0.2, 0.25) is 0 Å². The van der Waals surface area contributed by atoms with Crippen molar-refractivity contribution in [3.8, 4) is 0 Å². The van der Waals surface area contributed by atoms with Gasteiger partial charge in [-0.1, -0.05) is 43.9 Å². The Hall–Kier alpha value is -1.90. The van der Waals surface area contributed by atoms with Gasteiger partial charge >= 0.3 is 6.18 Å². The minimum Gasteiger partial charge on any atom is -0.381 e. The van der Waals surface area contributed by atoms with Crippen molar-refractivity contribution in [3.63, 3.8) is 0 Å². The predicted octanol–water partition coefficient (Wildman–Crippen LogP) is 5.73. The summed E-state index contributed by atoms with van der Waals surface area (Å²) in [5, 5.41) is 6.93. The van der Waals surface area contributed by atoms with E-state index in [-0.39, 0.29) is 16.5 Å². The van der Waals surface area contributed by atoms with Gasteiger partial charge in [-0.3, -0.25) is 0 Å². The van der Waals surface area contributed by atoms with Crippen LogP contribution in [0.1, 0.15) is 61.3 Å². The van der Waals surface area contributed by atoms with E-state index in [0.717, 1.165) is 48.2 Å². The lowest BCUT2D eigenvalue weighted by atomic mass is 9.95. The third-order valence-corrected chi connectivity index (χ3v) is 7.18. The van der Waals surface area contributed by atoms with E-state index in [9.17, 15) is 21.9 Å². The molecule has 2 aliphatic rings. The Balaban J connectivity index is 1.66. The molecule has 31 heavy (non-hydrogen) atoms. The van der Waals surface area contributed by atoms with Gasteiger partial charge < -0.3 is 15.2 Å². The van der Waals surface area contributed by atoms with Crippen molar-refractivity contribution in [2.75, 3.05) is 11.9 Å². The van der Waals surface area contributed by atoms with Gasteiger partial charge in [-0.05, 0) is 54.2 Å². The summed E-state index contributed by atoms with van der Waals surface area (Å²) in [6, 6.07) is 9.97. The average Bonchev–Trinajstić information content (AvgIpc) is 3.18. The van der Waals surface area contributed by atoms with Crippen LogP contribution in [-0.2, 0) is 17.3 Å². The maximum atomic E-state index is 13.4. The molecule has 0 aromatic heterocycles. The first-order valence-corrected chi connectivity index (χ1v) is 11.8. The maximum absolute atomic E-state index is 13.4. The number of benzene rings is 2. The topological polar surface area (TPSA) is 61.4 Å². The average molecular weight is 453 g/mol. The second-order valence-electron chi connectivity index (χ2n) is 8.50. The van der Waals surface area contributed by atoms with E-state index >= 15 is 0 Å². The molecule has 4 nitrogen and oxygen atoms in total. The summed E-state index contributed by atoms with van der Waals surface area (Å²) in [5.74, 6) is 0.753. The molecule has 1 fully saturated rings. The number of halogens is 3. The lowest BCUT2D eigenvalue weighted by Crippen LogP contribution is -2.32. The first-order chi connectivity index (χ1) is 14.8. The highest BCUT2D eigenvalue weighted by Gasteiger charge is 2.34. The number of rotatable bonds is 5. The Morgan fingerprint density at radius 2 is 1.77 bits per heavy atom. The van der Waals surface area contributed by atoms with Crippen LogP contribution in [0, 0.1) is 5.92 Å². The highest BCUT2D eigenvalue weighted by molar-refractivity contribution is 7.79. The fourth-order valence-corrected chi connectivity index (χ4v) is 5.38. The molecule has 0 amide bonds. The minimum absolute atomic E-state index is 0.00953. The molecule has 1 aliphatic heterocycles. The molecule has 3 atom stereocenters. The van der Waals surface area contributed by atoms with Crippen LogP contribution in [0.3, 0.4) is 0 Å². The molecule has 0 radical (unpaired) electrons. The maximum Gasteiger partial charge on any atom is 0.416 e. The van der Waals surface area contributed by atoms with E-state index in [2.05, 4.69) is 10.6 Å². The third-order valence-electron chi connectivity index (χ3n) is 6.43. The zero-order chi connectivity index (χ0) is 22.0. The Labute approximate surface area is 182 Å². The van der Waals surface area contributed by atoms with Gasteiger partial charge in [0.05, 0.1) is 16.5 Å². The van der Waals surface area contributed by atoms with Crippen LogP contribution in [0.25, 0.3) is 0 Å². The molecule has 0 saturated heterocycles. The van der Waals surface area contributed by atoms with E-state index in [4.69, 9.17) is 0 Å². The zero-order valence-corrected chi connectivity index (χ0v) is 17.9. The van der Waals surface area contributed by atoms with Gasteiger partial charge in [0, 0.05) is 18.3 Å². The molecule has 8 heteroatoms. The van der Waals surface area contributed by atoms with Gasteiger partial charge in [-0.15, -0.1) is 0 Å². The normalized spacial score (nSPS) is 23.1. The summed E-state index contributed by atoms with van der Waals surface area (Å²) in [7, 11) is 0. The van der Waals surface area contributed by atoms with E-state index in [1.54, 1.807) is 0 Å². The second-order valence-corrected chi connectivity index (χ2v) is 9.44. The minimum atomic E-state index is -4.53. The summed E-state index contributed by atoms with van der Waals surface area (Å²) in [4.78, 5) is -0.00953. The Bertz CT molecular complexity index is 945. The Kier molecular flexibility index (Phi) is 6.69. The Morgan fingerprint density at radius 1 is 1.03 bits per heavy atom. The van der Waals surface area contributed by atoms with Crippen molar-refractivity contribution >= 4 is 16.8 Å². The van der Waals surface area contributed by atoms with Crippen LogP contribution in [0.4, 0.5) is 18.9 Å². The van der Waals surface area contributed by atoms with Gasteiger partial charge in [0.15, 0.2) is 11.1 Å². The van der Waals surface area contributed by atoms with Gasteiger partial charge in [0.25, 0.3) is 0 Å². The summed E-state index contributed by atoms with van der Waals surface area (Å²) in [5.41, 5.74) is 0.977. The highest BCUT2D eigenvalue weighted by atomic mass is 32.2. The van der Waals surface area contributed by atoms with E-state index in [0.29, 0.717) is 6.54 Å². The number of hydrogen-bond acceptors (Lipinski definition) is 3. The molecule has 4 rings (SSSR count). The van der Waals surface area contributed by atoms with Crippen LogP contribution in [0.15, 0.2) is 47.4 Å². The quantitative estimate of drug-likeness (QED) is 0.507. The zero-order valence-electron chi connectivity index (χ0n) is 17.1. The molecule has 0 spiro atoms. The van der Waals surface area contributed by atoms with Gasteiger partial charge in [-0.25, -0.2) is 4.21 Å². The molecule has 2 aromatic rings. The monoisotopic (exact) mass is 452 g/mol. The van der Waals surface area contributed by atoms with Crippen LogP contribution in [0.5, 0.6) is 0 Å². The number of anilines is 1. The number of para-hydroxylation sites is 1. The first-order valence-electron chi connectivity index (χ1n) is 10.7. The molecule has 1 heterocycles. The van der Waals surface area contributed by atoms with E-state index in [1.807, 2.05) is 24.3 Å². The molecule has 1 aliphatic carbocycles. The molecule has 168 valence electrons. The van der Waals surface area contributed by atoms with Crippen LogP contribution < -0.4 is 10.6 Å². The largest absolute Gasteiger partial charge is 0.416 e. The van der Waals surface area contributed by atoms with Crippen molar-refractivity contribution in [2.24, 2.45) is 5.92 Å². The van der Waals surface area contributed by atoms with Gasteiger partial charge in [0.1, 0.15) is 0 Å². The van der Waals surface area contributed by atoms with Gasteiger partial charge in [-0.2, -0.15) is 13.2 Å². The lowest BCUT2D eigenvalue weighted by Gasteiger charge is -2.22. The van der Waals surface area contributed by atoms with Crippen LogP contribution in [0.2, 0.25) is 0 Å². The van der Waals surface area contributed by atoms with E-state index in [1.165, 1.54) is 25.7 Å². The Morgan fingerprint density at radius 3 is 2.48 bits per heavy atom. The summed E-state index contributed by atoms with van der Waals surface area (Å²) in [6.45, 7) is 0.555. The summed E-state index contributed by atoms with van der Waals surface area (Å²) >= 11 is -2.40. The van der Waals surface area contributed by atoms with Crippen LogP contribution in [-0.4, -0.2) is 21.3 Å². The first kappa shape index (κ1) is 22.3. The number of fused-ring (bicyclic) bond motifs is 1. The molecule has 1 saturated carbocycles. The van der Waals surface area contributed by atoms with Crippen molar-refractivity contribution in [2.45, 2.75) is 61.7 Å². The second kappa shape index (κ2) is 9.30. The highest BCUT2D eigenvalue weighted by Crippen LogP contribution is 2.38.